The van der Waals surface area contributed by atoms with Gasteiger partial charge < -0.3 is 19.7 Å². The molecule has 0 spiro atoms. The summed E-state index contributed by atoms with van der Waals surface area (Å²) < 4.78 is 69.3. The monoisotopic (exact) mass is 616 g/mol. The van der Waals surface area contributed by atoms with Crippen LogP contribution in [0.2, 0.25) is 0 Å². The highest BCUT2D eigenvalue weighted by Gasteiger charge is 2.38. The van der Waals surface area contributed by atoms with E-state index in [9.17, 15) is 17.6 Å². The van der Waals surface area contributed by atoms with Crippen LogP contribution in [0.1, 0.15) is 51.0 Å². The van der Waals surface area contributed by atoms with Gasteiger partial charge in [-0.2, -0.15) is 13.2 Å². The van der Waals surface area contributed by atoms with Crippen LogP contribution in [0.25, 0.3) is 10.4 Å². The summed E-state index contributed by atoms with van der Waals surface area (Å²) in [6.45, 7) is 7.20. The first-order valence-electron chi connectivity index (χ1n) is 13.9. The van der Waals surface area contributed by atoms with Crippen molar-refractivity contribution in [3.8, 4) is 27.8 Å². The smallest absolute Gasteiger partial charge is 0.434 e. The quantitative estimate of drug-likeness (QED) is 0.151. The molecule has 43 heavy (non-hydrogen) atoms. The first-order chi connectivity index (χ1) is 20.4. The first kappa shape index (κ1) is 32.2. The van der Waals surface area contributed by atoms with E-state index in [0.717, 1.165) is 17.9 Å². The van der Waals surface area contributed by atoms with Crippen LogP contribution in [-0.2, 0) is 6.18 Å². The van der Waals surface area contributed by atoms with Gasteiger partial charge in [0.15, 0.2) is 10.8 Å². The maximum Gasteiger partial charge on any atom is 0.434 e. The van der Waals surface area contributed by atoms with E-state index < -0.39 is 18.0 Å². The molecule has 0 saturated carbocycles. The lowest BCUT2D eigenvalue weighted by Gasteiger charge is -2.28. The van der Waals surface area contributed by atoms with Crippen LogP contribution in [-0.4, -0.2) is 42.1 Å². The largest absolute Gasteiger partial charge is 0.493 e. The molecule has 2 aromatic carbocycles. The summed E-state index contributed by atoms with van der Waals surface area (Å²) in [6.07, 6.45) is -3.45. The van der Waals surface area contributed by atoms with Crippen molar-refractivity contribution in [1.82, 2.24) is 14.9 Å². The molecule has 0 amide bonds. The van der Waals surface area contributed by atoms with Crippen molar-refractivity contribution in [2.75, 3.05) is 32.6 Å². The number of benzene rings is 2. The van der Waals surface area contributed by atoms with E-state index in [0.29, 0.717) is 36.3 Å². The molecule has 0 fully saturated rings. The minimum absolute atomic E-state index is 0.00116. The van der Waals surface area contributed by atoms with Crippen LogP contribution in [0.15, 0.2) is 66.9 Å². The maximum atomic E-state index is 14.8. The normalized spacial score (nSPS) is 12.8. The first-order valence-corrected chi connectivity index (χ1v) is 14.8. The highest BCUT2D eigenvalue weighted by molar-refractivity contribution is 7.19. The van der Waals surface area contributed by atoms with Crippen LogP contribution in [0.4, 0.5) is 28.4 Å². The molecule has 0 bridgehead atoms. The van der Waals surface area contributed by atoms with Crippen molar-refractivity contribution in [2.24, 2.45) is 5.41 Å². The summed E-state index contributed by atoms with van der Waals surface area (Å²) in [6, 6.07) is 16.5. The molecule has 0 aliphatic heterocycles. The van der Waals surface area contributed by atoms with Gasteiger partial charge in [0, 0.05) is 23.7 Å². The number of hydrogen-bond acceptors (Lipinski definition) is 7. The lowest BCUT2D eigenvalue weighted by molar-refractivity contribution is -0.140. The number of aromatic nitrogens is 2. The zero-order valence-electron chi connectivity index (χ0n) is 24.8. The fourth-order valence-corrected chi connectivity index (χ4v) is 5.69. The molecular formula is C32H36F4N4O2S. The number of anilines is 2. The number of para-hydroxylation sites is 1. The SMILES string of the molecule is CCCC(F)c1ccccc1Oc1ncccc1Nc1nc(C(F)(F)F)c(-c2cccc(OCC(C)(C)CN(C)C)c2)s1. The molecule has 230 valence electrons. The van der Waals surface area contributed by atoms with Gasteiger partial charge in [0.05, 0.1) is 11.5 Å². The Morgan fingerprint density at radius 3 is 2.51 bits per heavy atom. The standard InChI is InChI=1S/C32H36F4N4O2S/c1-6-11-24(33)23-14-7-8-16-26(23)42-29-25(15-10-17-37-29)38-30-39-28(32(34,35)36)27(43-30)21-12-9-13-22(18-21)41-20-31(2,3)19-40(4)5/h7-10,12-18,24H,6,11,19-20H2,1-5H3,(H,38,39). The number of rotatable bonds is 13. The van der Waals surface area contributed by atoms with Gasteiger partial charge in [-0.05, 0) is 56.4 Å². The summed E-state index contributed by atoms with van der Waals surface area (Å²) >= 11 is 0.857. The number of alkyl halides is 4. The Bertz CT molecular complexity index is 1510. The Labute approximate surface area is 253 Å². The highest BCUT2D eigenvalue weighted by atomic mass is 32.1. The molecule has 0 aliphatic rings. The third-order valence-corrected chi connectivity index (χ3v) is 7.40. The average Bonchev–Trinajstić information content (AvgIpc) is 3.38. The van der Waals surface area contributed by atoms with Crippen LogP contribution in [0.3, 0.4) is 0 Å². The molecule has 1 atom stereocenters. The summed E-state index contributed by atoms with van der Waals surface area (Å²) in [5, 5.41) is 2.94. The fourth-order valence-electron chi connectivity index (χ4n) is 4.70. The Balaban J connectivity index is 1.61. The van der Waals surface area contributed by atoms with Gasteiger partial charge in [-0.25, -0.2) is 14.4 Å². The van der Waals surface area contributed by atoms with Gasteiger partial charge in [0.2, 0.25) is 5.88 Å². The molecular weight excluding hydrogens is 580 g/mol. The van der Waals surface area contributed by atoms with Crippen molar-refractivity contribution in [3.05, 3.63) is 78.1 Å². The third-order valence-electron chi connectivity index (χ3n) is 6.38. The van der Waals surface area contributed by atoms with Crippen molar-refractivity contribution in [1.29, 1.82) is 0 Å². The molecule has 11 heteroatoms. The molecule has 4 aromatic rings. The number of thiazole rings is 1. The van der Waals surface area contributed by atoms with E-state index in [1.807, 2.05) is 21.0 Å². The average molecular weight is 617 g/mol. The third kappa shape index (κ3) is 8.67. The molecule has 0 radical (unpaired) electrons. The van der Waals surface area contributed by atoms with E-state index in [2.05, 4.69) is 34.0 Å². The number of ether oxygens (including phenoxy) is 2. The Morgan fingerprint density at radius 2 is 1.79 bits per heavy atom. The van der Waals surface area contributed by atoms with Gasteiger partial charge >= 0.3 is 6.18 Å². The Morgan fingerprint density at radius 1 is 1.02 bits per heavy atom. The topological polar surface area (TPSA) is 59.5 Å². The van der Waals surface area contributed by atoms with Crippen molar-refractivity contribution in [2.45, 2.75) is 46.0 Å². The second kappa shape index (κ2) is 13.7. The Kier molecular flexibility index (Phi) is 10.3. The van der Waals surface area contributed by atoms with Crippen molar-refractivity contribution >= 4 is 22.2 Å². The van der Waals surface area contributed by atoms with Crippen LogP contribution < -0.4 is 14.8 Å². The van der Waals surface area contributed by atoms with Crippen LogP contribution in [0.5, 0.6) is 17.4 Å². The molecule has 2 heterocycles. The fraction of sp³-hybridized carbons (Fsp3) is 0.375. The summed E-state index contributed by atoms with van der Waals surface area (Å²) in [4.78, 5) is 10.2. The van der Waals surface area contributed by atoms with Gasteiger partial charge in [-0.1, -0.05) is 68.9 Å². The van der Waals surface area contributed by atoms with E-state index >= 15 is 0 Å². The molecule has 4 rings (SSSR count). The van der Waals surface area contributed by atoms with E-state index in [4.69, 9.17) is 9.47 Å². The zero-order chi connectivity index (χ0) is 31.2. The van der Waals surface area contributed by atoms with Gasteiger partial charge in [-0.3, -0.25) is 0 Å². The van der Waals surface area contributed by atoms with E-state index in [-0.39, 0.29) is 32.7 Å². The molecule has 0 aliphatic carbocycles. The Hall–Kier alpha value is -3.70. The highest BCUT2D eigenvalue weighted by Crippen LogP contribution is 2.44. The predicted octanol–water partition coefficient (Wildman–Crippen LogP) is 9.54. The summed E-state index contributed by atoms with van der Waals surface area (Å²) in [5.74, 6) is 0.836. The van der Waals surface area contributed by atoms with Crippen LogP contribution >= 0.6 is 11.3 Å². The van der Waals surface area contributed by atoms with Gasteiger partial charge in [0.1, 0.15) is 23.4 Å². The predicted molar refractivity (Wildman–Crippen MR) is 163 cm³/mol. The lowest BCUT2D eigenvalue weighted by Crippen LogP contribution is -2.33. The maximum absolute atomic E-state index is 14.8. The molecule has 0 saturated heterocycles. The zero-order valence-corrected chi connectivity index (χ0v) is 25.7. The molecule has 6 nitrogen and oxygen atoms in total. The summed E-state index contributed by atoms with van der Waals surface area (Å²) in [7, 11) is 3.95. The second-order valence-electron chi connectivity index (χ2n) is 11.3. The van der Waals surface area contributed by atoms with Crippen molar-refractivity contribution in [3.63, 3.8) is 0 Å². The minimum Gasteiger partial charge on any atom is -0.493 e. The number of hydrogen-bond donors (Lipinski definition) is 1. The molecule has 2 aromatic heterocycles. The van der Waals surface area contributed by atoms with Gasteiger partial charge in [0.25, 0.3) is 0 Å². The van der Waals surface area contributed by atoms with E-state index in [1.165, 1.54) is 6.20 Å². The number of halogens is 4. The number of nitrogens with zero attached hydrogens (tertiary/aromatic N) is 3. The minimum atomic E-state index is -4.70. The summed E-state index contributed by atoms with van der Waals surface area (Å²) in [5.41, 5.74) is -0.172. The number of pyridine rings is 1. The number of nitrogens with one attached hydrogen (secondary N) is 1. The lowest BCUT2D eigenvalue weighted by atomic mass is 9.94. The second-order valence-corrected chi connectivity index (χ2v) is 12.3. The van der Waals surface area contributed by atoms with E-state index in [1.54, 1.807) is 60.7 Å². The van der Waals surface area contributed by atoms with Gasteiger partial charge in [-0.15, -0.1) is 0 Å². The van der Waals surface area contributed by atoms with Crippen LogP contribution in [0, 0.1) is 5.41 Å². The van der Waals surface area contributed by atoms with Crippen molar-refractivity contribution < 1.29 is 27.0 Å². The molecule has 1 N–H and O–H groups in total. The molecule has 1 unspecified atom stereocenters.